The standard InChI is InChI=1S/C24H30N2O4S2/c1-30-23(29)18-13-11-17(12-14-18)16-20-22(28)26(24(31)32-20)15-7-3-6-10-21(27)25-19-8-4-2-5-9-19/h11-14,16,19H,2-10,15H2,1H3,(H,25,27)/b20-16-. The van der Waals surface area contributed by atoms with Gasteiger partial charge in [-0.2, -0.15) is 0 Å². The Balaban J connectivity index is 1.41. The van der Waals surface area contributed by atoms with E-state index in [0.717, 1.165) is 37.7 Å². The molecule has 1 aliphatic carbocycles. The van der Waals surface area contributed by atoms with Crippen molar-refractivity contribution in [2.45, 2.75) is 63.8 Å². The van der Waals surface area contributed by atoms with Gasteiger partial charge in [0.25, 0.3) is 5.91 Å². The van der Waals surface area contributed by atoms with Crippen LogP contribution < -0.4 is 5.32 Å². The molecule has 1 saturated heterocycles. The lowest BCUT2D eigenvalue weighted by atomic mass is 9.95. The number of benzene rings is 1. The third kappa shape index (κ3) is 6.90. The van der Waals surface area contributed by atoms with Crippen LogP contribution in [-0.2, 0) is 14.3 Å². The summed E-state index contributed by atoms with van der Waals surface area (Å²) in [5, 5.41) is 3.15. The molecule has 3 rings (SSSR count). The number of methoxy groups -OCH3 is 1. The van der Waals surface area contributed by atoms with Crippen molar-refractivity contribution in [2.24, 2.45) is 0 Å². The van der Waals surface area contributed by atoms with Crippen molar-refractivity contribution >= 4 is 52.2 Å². The van der Waals surface area contributed by atoms with Crippen molar-refractivity contribution < 1.29 is 19.1 Å². The summed E-state index contributed by atoms with van der Waals surface area (Å²) in [7, 11) is 1.34. The molecule has 2 fully saturated rings. The van der Waals surface area contributed by atoms with Gasteiger partial charge in [-0.15, -0.1) is 0 Å². The van der Waals surface area contributed by atoms with Crippen molar-refractivity contribution in [1.29, 1.82) is 0 Å². The molecule has 1 N–H and O–H groups in total. The summed E-state index contributed by atoms with van der Waals surface area (Å²) >= 11 is 6.69. The average Bonchev–Trinajstić information content (AvgIpc) is 3.06. The van der Waals surface area contributed by atoms with Gasteiger partial charge in [-0.1, -0.05) is 61.8 Å². The maximum atomic E-state index is 12.7. The van der Waals surface area contributed by atoms with Crippen molar-refractivity contribution in [3.63, 3.8) is 0 Å². The van der Waals surface area contributed by atoms with Gasteiger partial charge < -0.3 is 10.1 Å². The Kier molecular flexibility index (Phi) is 9.29. The predicted octanol–water partition coefficient (Wildman–Crippen LogP) is 4.68. The smallest absolute Gasteiger partial charge is 0.337 e. The number of thioether (sulfide) groups is 1. The summed E-state index contributed by atoms with van der Waals surface area (Å²) in [5.41, 5.74) is 1.28. The SMILES string of the molecule is COC(=O)c1ccc(/C=C2\SC(=S)N(CCCCCC(=O)NC3CCCCC3)C2=O)cc1. The highest BCUT2D eigenvalue weighted by molar-refractivity contribution is 8.26. The molecule has 1 aromatic carbocycles. The van der Waals surface area contributed by atoms with E-state index in [1.807, 2.05) is 0 Å². The zero-order valence-electron chi connectivity index (χ0n) is 18.4. The Hall–Kier alpha value is -2.19. The van der Waals surface area contributed by atoms with E-state index in [2.05, 4.69) is 5.32 Å². The number of thiocarbonyl (C=S) groups is 1. The van der Waals surface area contributed by atoms with Crippen molar-refractivity contribution in [2.75, 3.05) is 13.7 Å². The summed E-state index contributed by atoms with van der Waals surface area (Å²) in [6.07, 6.45) is 10.7. The topological polar surface area (TPSA) is 75.7 Å². The second-order valence-electron chi connectivity index (χ2n) is 8.16. The van der Waals surface area contributed by atoms with E-state index in [1.165, 1.54) is 38.1 Å². The fraction of sp³-hybridized carbons (Fsp3) is 0.500. The summed E-state index contributed by atoms with van der Waals surface area (Å²) in [6.45, 7) is 0.563. The van der Waals surface area contributed by atoms with Crippen LogP contribution in [0.3, 0.4) is 0 Å². The van der Waals surface area contributed by atoms with Gasteiger partial charge in [-0.25, -0.2) is 4.79 Å². The molecular weight excluding hydrogens is 444 g/mol. The molecule has 1 saturated carbocycles. The number of nitrogens with one attached hydrogen (secondary N) is 1. The molecule has 6 nitrogen and oxygen atoms in total. The van der Waals surface area contributed by atoms with E-state index in [0.29, 0.717) is 33.8 Å². The molecule has 0 aromatic heterocycles. The second kappa shape index (κ2) is 12.2. The van der Waals surface area contributed by atoms with E-state index >= 15 is 0 Å². The van der Waals surface area contributed by atoms with Crippen LogP contribution in [0, 0.1) is 0 Å². The minimum absolute atomic E-state index is 0.0907. The van der Waals surface area contributed by atoms with E-state index in [1.54, 1.807) is 35.2 Å². The number of ether oxygens (including phenoxy) is 1. The maximum absolute atomic E-state index is 12.7. The van der Waals surface area contributed by atoms with E-state index in [9.17, 15) is 14.4 Å². The summed E-state index contributed by atoms with van der Waals surface area (Å²) in [4.78, 5) is 38.6. The number of amides is 2. The highest BCUT2D eigenvalue weighted by Crippen LogP contribution is 2.32. The molecule has 1 aromatic rings. The first-order valence-electron chi connectivity index (χ1n) is 11.2. The number of unbranched alkanes of at least 4 members (excludes halogenated alkanes) is 2. The minimum Gasteiger partial charge on any atom is -0.465 e. The van der Waals surface area contributed by atoms with Gasteiger partial charge in [0, 0.05) is 19.0 Å². The van der Waals surface area contributed by atoms with Gasteiger partial charge in [0.2, 0.25) is 5.91 Å². The normalized spacial score (nSPS) is 18.3. The Labute approximate surface area is 199 Å². The number of nitrogens with zero attached hydrogens (tertiary/aromatic N) is 1. The molecule has 0 spiro atoms. The van der Waals surface area contributed by atoms with E-state index < -0.39 is 5.97 Å². The van der Waals surface area contributed by atoms with Crippen LogP contribution in [0.2, 0.25) is 0 Å². The monoisotopic (exact) mass is 474 g/mol. The summed E-state index contributed by atoms with van der Waals surface area (Å²) in [5.74, 6) is -0.343. The molecule has 0 unspecified atom stereocenters. The Morgan fingerprint density at radius 2 is 1.88 bits per heavy atom. The summed E-state index contributed by atoms with van der Waals surface area (Å²) in [6, 6.07) is 7.25. The average molecular weight is 475 g/mol. The third-order valence-electron chi connectivity index (χ3n) is 5.76. The van der Waals surface area contributed by atoms with Gasteiger partial charge in [0.1, 0.15) is 4.32 Å². The lowest BCUT2D eigenvalue weighted by molar-refractivity contribution is -0.123. The Bertz CT molecular complexity index is 876. The van der Waals surface area contributed by atoms with Gasteiger partial charge in [-0.3, -0.25) is 14.5 Å². The largest absolute Gasteiger partial charge is 0.465 e. The Morgan fingerprint density at radius 1 is 1.16 bits per heavy atom. The summed E-state index contributed by atoms with van der Waals surface area (Å²) < 4.78 is 5.26. The van der Waals surface area contributed by atoms with Crippen molar-refractivity contribution in [3.8, 4) is 0 Å². The van der Waals surface area contributed by atoms with E-state index in [4.69, 9.17) is 17.0 Å². The molecule has 0 radical (unpaired) electrons. The van der Waals surface area contributed by atoms with Crippen LogP contribution in [0.4, 0.5) is 0 Å². The fourth-order valence-corrected chi connectivity index (χ4v) is 5.27. The third-order valence-corrected chi connectivity index (χ3v) is 7.14. The quantitative estimate of drug-likeness (QED) is 0.242. The van der Waals surface area contributed by atoms with Crippen LogP contribution >= 0.6 is 24.0 Å². The first-order chi connectivity index (χ1) is 15.5. The first kappa shape index (κ1) is 24.5. The maximum Gasteiger partial charge on any atom is 0.337 e. The number of carbonyl (C=O) groups is 3. The highest BCUT2D eigenvalue weighted by Gasteiger charge is 2.31. The molecule has 2 amide bonds. The molecule has 8 heteroatoms. The molecular formula is C24H30N2O4S2. The van der Waals surface area contributed by atoms with Crippen LogP contribution in [0.15, 0.2) is 29.2 Å². The second-order valence-corrected chi connectivity index (χ2v) is 9.84. The van der Waals surface area contributed by atoms with E-state index in [-0.39, 0.29) is 11.8 Å². The molecule has 172 valence electrons. The van der Waals surface area contributed by atoms with Crippen molar-refractivity contribution in [1.82, 2.24) is 10.2 Å². The van der Waals surface area contributed by atoms with Gasteiger partial charge in [0.05, 0.1) is 17.6 Å². The molecule has 1 heterocycles. The van der Waals surface area contributed by atoms with Gasteiger partial charge in [0.15, 0.2) is 0 Å². The molecule has 0 atom stereocenters. The first-order valence-corrected chi connectivity index (χ1v) is 12.4. The number of hydrogen-bond acceptors (Lipinski definition) is 6. The van der Waals surface area contributed by atoms with Crippen LogP contribution in [0.5, 0.6) is 0 Å². The predicted molar refractivity (Wildman–Crippen MR) is 131 cm³/mol. The number of carbonyl (C=O) groups excluding carboxylic acids is 3. The zero-order valence-corrected chi connectivity index (χ0v) is 20.1. The molecule has 1 aliphatic heterocycles. The Morgan fingerprint density at radius 3 is 2.56 bits per heavy atom. The van der Waals surface area contributed by atoms with Crippen LogP contribution in [0.25, 0.3) is 6.08 Å². The lowest BCUT2D eigenvalue weighted by Crippen LogP contribution is -2.36. The van der Waals surface area contributed by atoms with Gasteiger partial charge in [-0.05, 0) is 49.5 Å². The van der Waals surface area contributed by atoms with Crippen LogP contribution in [0.1, 0.15) is 73.7 Å². The molecule has 32 heavy (non-hydrogen) atoms. The van der Waals surface area contributed by atoms with Crippen LogP contribution in [-0.4, -0.2) is 46.7 Å². The molecule has 0 bridgehead atoms. The lowest BCUT2D eigenvalue weighted by Gasteiger charge is -2.22. The zero-order chi connectivity index (χ0) is 22.9. The highest BCUT2D eigenvalue weighted by atomic mass is 32.2. The number of esters is 1. The number of rotatable bonds is 9. The number of hydrogen-bond donors (Lipinski definition) is 1. The molecule has 2 aliphatic rings. The van der Waals surface area contributed by atoms with Gasteiger partial charge >= 0.3 is 5.97 Å². The van der Waals surface area contributed by atoms with Crippen molar-refractivity contribution in [3.05, 3.63) is 40.3 Å². The minimum atomic E-state index is -0.394. The fourth-order valence-electron chi connectivity index (χ4n) is 3.96.